The highest BCUT2D eigenvalue weighted by atomic mass is 19.1. The zero-order chi connectivity index (χ0) is 15.8. The van der Waals surface area contributed by atoms with E-state index in [0.29, 0.717) is 17.9 Å². The molecule has 5 heteroatoms. The maximum absolute atomic E-state index is 12.8. The van der Waals surface area contributed by atoms with E-state index < -0.39 is 11.7 Å². The van der Waals surface area contributed by atoms with Crippen LogP contribution in [0.3, 0.4) is 0 Å². The number of rotatable bonds is 6. The van der Waals surface area contributed by atoms with Crippen molar-refractivity contribution in [3.63, 3.8) is 0 Å². The lowest BCUT2D eigenvalue weighted by Gasteiger charge is -2.03. The summed E-state index contributed by atoms with van der Waals surface area (Å²) in [4.78, 5) is 11.8. The lowest BCUT2D eigenvalue weighted by atomic mass is 10.2. The van der Waals surface area contributed by atoms with E-state index in [1.165, 1.54) is 30.5 Å². The molecule has 0 spiro atoms. The molecular formula is C17H15FN2O2. The van der Waals surface area contributed by atoms with Crippen LogP contribution in [-0.4, -0.2) is 18.7 Å². The van der Waals surface area contributed by atoms with Gasteiger partial charge in [-0.1, -0.05) is 24.8 Å². The van der Waals surface area contributed by atoms with E-state index in [1.807, 2.05) is 18.2 Å². The summed E-state index contributed by atoms with van der Waals surface area (Å²) in [5.41, 5.74) is 3.49. The van der Waals surface area contributed by atoms with Gasteiger partial charge in [0.15, 0.2) is 0 Å². The minimum atomic E-state index is -0.407. The maximum Gasteiger partial charge on any atom is 0.271 e. The van der Waals surface area contributed by atoms with Crippen LogP contribution in [0.4, 0.5) is 4.39 Å². The van der Waals surface area contributed by atoms with Crippen molar-refractivity contribution in [3.8, 4) is 5.75 Å². The Morgan fingerprint density at radius 1 is 1.27 bits per heavy atom. The van der Waals surface area contributed by atoms with E-state index in [0.717, 1.165) is 5.56 Å². The summed E-state index contributed by atoms with van der Waals surface area (Å²) in [5.74, 6) is -0.111. The second-order valence-electron chi connectivity index (χ2n) is 4.38. The fourth-order valence-electron chi connectivity index (χ4n) is 1.67. The molecule has 0 aliphatic rings. The van der Waals surface area contributed by atoms with E-state index in [4.69, 9.17) is 4.74 Å². The Kier molecular flexibility index (Phi) is 5.43. The van der Waals surface area contributed by atoms with Gasteiger partial charge < -0.3 is 4.74 Å². The largest absolute Gasteiger partial charge is 0.490 e. The molecule has 0 aromatic heterocycles. The molecule has 112 valence electrons. The number of carbonyl (C=O) groups excluding carboxylic acids is 1. The van der Waals surface area contributed by atoms with Crippen LogP contribution >= 0.6 is 0 Å². The Bertz CT molecular complexity index is 681. The molecule has 22 heavy (non-hydrogen) atoms. The molecule has 2 aromatic carbocycles. The standard InChI is InChI=1S/C17H15FN2O2/c1-2-10-22-16-5-3-4-13(11-16)12-19-20-17(21)14-6-8-15(18)9-7-14/h2-9,11-12H,1,10H2,(H,20,21)/b19-12-. The predicted octanol–water partition coefficient (Wildman–Crippen LogP) is 3.15. The van der Waals surface area contributed by atoms with Crippen LogP contribution in [0.25, 0.3) is 0 Å². The molecule has 0 atom stereocenters. The number of amides is 1. The van der Waals surface area contributed by atoms with Crippen molar-refractivity contribution in [2.45, 2.75) is 0 Å². The third-order valence-electron chi connectivity index (χ3n) is 2.71. The van der Waals surface area contributed by atoms with Gasteiger partial charge in [-0.25, -0.2) is 9.82 Å². The summed E-state index contributed by atoms with van der Waals surface area (Å²) in [7, 11) is 0. The van der Waals surface area contributed by atoms with Crippen LogP contribution in [0.15, 0.2) is 66.3 Å². The number of halogens is 1. The Balaban J connectivity index is 1.95. The summed E-state index contributed by atoms with van der Waals surface area (Å²) >= 11 is 0. The first-order chi connectivity index (χ1) is 10.7. The number of carbonyl (C=O) groups is 1. The number of benzene rings is 2. The summed E-state index contributed by atoms with van der Waals surface area (Å²) in [6.07, 6.45) is 3.16. The van der Waals surface area contributed by atoms with Crippen LogP contribution in [0.2, 0.25) is 0 Å². The molecule has 0 bridgehead atoms. The average Bonchev–Trinajstić information content (AvgIpc) is 2.54. The van der Waals surface area contributed by atoms with E-state index >= 15 is 0 Å². The van der Waals surface area contributed by atoms with Gasteiger partial charge in [0.1, 0.15) is 18.2 Å². The average molecular weight is 298 g/mol. The number of hydrazone groups is 1. The Hall–Kier alpha value is -2.95. The van der Waals surface area contributed by atoms with Crippen molar-refractivity contribution in [1.29, 1.82) is 0 Å². The SMILES string of the molecule is C=CCOc1cccc(/C=N\NC(=O)c2ccc(F)cc2)c1. The van der Waals surface area contributed by atoms with Gasteiger partial charge >= 0.3 is 0 Å². The van der Waals surface area contributed by atoms with E-state index in [1.54, 1.807) is 12.1 Å². The number of nitrogens with zero attached hydrogens (tertiary/aromatic N) is 1. The third-order valence-corrected chi connectivity index (χ3v) is 2.71. The van der Waals surface area contributed by atoms with Gasteiger partial charge in [0.2, 0.25) is 0 Å². The minimum Gasteiger partial charge on any atom is -0.490 e. The minimum absolute atomic E-state index is 0.335. The van der Waals surface area contributed by atoms with Crippen molar-refractivity contribution < 1.29 is 13.9 Å². The van der Waals surface area contributed by atoms with Gasteiger partial charge in [0, 0.05) is 5.56 Å². The molecule has 0 saturated carbocycles. The smallest absolute Gasteiger partial charge is 0.271 e. The molecule has 0 saturated heterocycles. The van der Waals surface area contributed by atoms with E-state index in [9.17, 15) is 9.18 Å². The summed E-state index contributed by atoms with van der Waals surface area (Å²) in [5, 5.41) is 3.87. The monoisotopic (exact) mass is 298 g/mol. The van der Waals surface area contributed by atoms with Crippen LogP contribution < -0.4 is 10.2 Å². The molecule has 1 amide bonds. The Morgan fingerprint density at radius 3 is 2.77 bits per heavy atom. The maximum atomic E-state index is 12.8. The van der Waals surface area contributed by atoms with Crippen LogP contribution in [-0.2, 0) is 0 Å². The summed E-state index contributed by atoms with van der Waals surface area (Å²) < 4.78 is 18.2. The van der Waals surface area contributed by atoms with E-state index in [2.05, 4.69) is 17.1 Å². The quantitative estimate of drug-likeness (QED) is 0.506. The number of ether oxygens (including phenoxy) is 1. The highest BCUT2D eigenvalue weighted by Gasteiger charge is 2.03. The second-order valence-corrected chi connectivity index (χ2v) is 4.38. The van der Waals surface area contributed by atoms with Gasteiger partial charge in [0.05, 0.1) is 6.21 Å². The van der Waals surface area contributed by atoms with Gasteiger partial charge in [-0.2, -0.15) is 5.10 Å². The van der Waals surface area contributed by atoms with Crippen molar-refractivity contribution >= 4 is 12.1 Å². The third kappa shape index (κ3) is 4.56. The molecule has 2 aromatic rings. The normalized spacial score (nSPS) is 10.4. The van der Waals surface area contributed by atoms with Crippen LogP contribution in [0.1, 0.15) is 15.9 Å². The van der Waals surface area contributed by atoms with Crippen molar-refractivity contribution in [3.05, 3.63) is 78.1 Å². The molecular weight excluding hydrogens is 283 g/mol. The van der Waals surface area contributed by atoms with Crippen LogP contribution in [0, 0.1) is 5.82 Å². The molecule has 0 fully saturated rings. The molecule has 0 aliphatic carbocycles. The summed E-state index contributed by atoms with van der Waals surface area (Å²) in [6, 6.07) is 12.5. The highest BCUT2D eigenvalue weighted by molar-refractivity contribution is 5.94. The van der Waals surface area contributed by atoms with Crippen molar-refractivity contribution in [2.24, 2.45) is 5.10 Å². The molecule has 0 heterocycles. The van der Waals surface area contributed by atoms with Gasteiger partial charge in [0.25, 0.3) is 5.91 Å². The lowest BCUT2D eigenvalue weighted by molar-refractivity contribution is 0.0955. The Labute approximate surface area is 127 Å². The molecule has 0 radical (unpaired) electrons. The lowest BCUT2D eigenvalue weighted by Crippen LogP contribution is -2.17. The first-order valence-corrected chi connectivity index (χ1v) is 6.62. The van der Waals surface area contributed by atoms with Crippen LogP contribution in [0.5, 0.6) is 5.75 Å². The van der Waals surface area contributed by atoms with Gasteiger partial charge in [-0.05, 0) is 42.0 Å². The van der Waals surface area contributed by atoms with Crippen molar-refractivity contribution in [1.82, 2.24) is 5.43 Å². The van der Waals surface area contributed by atoms with Crippen molar-refractivity contribution in [2.75, 3.05) is 6.61 Å². The summed E-state index contributed by atoms with van der Waals surface area (Å²) in [6.45, 7) is 4.00. The van der Waals surface area contributed by atoms with E-state index in [-0.39, 0.29) is 0 Å². The second kappa shape index (κ2) is 7.73. The van der Waals surface area contributed by atoms with Gasteiger partial charge in [-0.15, -0.1) is 0 Å². The predicted molar refractivity (Wildman–Crippen MR) is 83.6 cm³/mol. The number of nitrogens with one attached hydrogen (secondary N) is 1. The van der Waals surface area contributed by atoms with Gasteiger partial charge in [-0.3, -0.25) is 4.79 Å². The fourth-order valence-corrected chi connectivity index (χ4v) is 1.67. The molecule has 1 N–H and O–H groups in total. The fraction of sp³-hybridized carbons (Fsp3) is 0.0588. The molecule has 2 rings (SSSR count). The molecule has 4 nitrogen and oxygen atoms in total. The molecule has 0 unspecified atom stereocenters. The zero-order valence-corrected chi connectivity index (χ0v) is 11.8. The topological polar surface area (TPSA) is 50.7 Å². The first-order valence-electron chi connectivity index (χ1n) is 6.62. The number of hydrogen-bond acceptors (Lipinski definition) is 3. The number of hydrogen-bond donors (Lipinski definition) is 1. The first kappa shape index (κ1) is 15.4. The molecule has 0 aliphatic heterocycles. The Morgan fingerprint density at radius 2 is 2.05 bits per heavy atom. The zero-order valence-electron chi connectivity index (χ0n) is 11.8. The highest BCUT2D eigenvalue weighted by Crippen LogP contribution is 2.11.